The summed E-state index contributed by atoms with van der Waals surface area (Å²) in [6.07, 6.45) is 3.41. The number of benzene rings is 2. The van der Waals surface area contributed by atoms with Crippen LogP contribution in [0.2, 0.25) is 0 Å². The first kappa shape index (κ1) is 19.0. The normalized spacial score (nSPS) is 14.5. The third-order valence-electron chi connectivity index (χ3n) is 4.75. The average Bonchev–Trinajstić information content (AvgIpc) is 2.78. The molecule has 0 fully saturated rings. The number of esters is 1. The highest BCUT2D eigenvalue weighted by Gasteiger charge is 2.23. The van der Waals surface area contributed by atoms with E-state index >= 15 is 0 Å². The van der Waals surface area contributed by atoms with Gasteiger partial charge in [0.15, 0.2) is 0 Å². The lowest BCUT2D eigenvalue weighted by Crippen LogP contribution is -2.11. The zero-order valence-corrected chi connectivity index (χ0v) is 16.2. The highest BCUT2D eigenvalue weighted by molar-refractivity contribution is 5.90. The fourth-order valence-corrected chi connectivity index (χ4v) is 3.30. The van der Waals surface area contributed by atoms with E-state index in [-0.39, 0.29) is 11.9 Å². The Morgan fingerprint density at radius 1 is 1.26 bits per heavy atom. The molecule has 2 aromatic rings. The Morgan fingerprint density at radius 2 is 2.00 bits per heavy atom. The summed E-state index contributed by atoms with van der Waals surface area (Å²) in [5, 5.41) is 0. The van der Waals surface area contributed by atoms with Gasteiger partial charge < -0.3 is 9.47 Å². The van der Waals surface area contributed by atoms with Gasteiger partial charge in [0.25, 0.3) is 0 Å². The van der Waals surface area contributed by atoms with E-state index in [1.54, 1.807) is 6.92 Å². The van der Waals surface area contributed by atoms with Gasteiger partial charge in [-0.25, -0.2) is 4.79 Å². The van der Waals surface area contributed by atoms with Crippen molar-refractivity contribution in [2.24, 2.45) is 0 Å². The molecule has 3 heteroatoms. The standard InChI is InChI=1S/C24H26O3/c1-16(2)12-18(4)22-14-21(26-15-19-8-6-5-7-9-19)13-20-11-10-17(3)24(25)27-23(20)22/h5-10,13-14,18H,1,11-12,15H2,2-4H3. The Bertz CT molecular complexity index is 878. The summed E-state index contributed by atoms with van der Waals surface area (Å²) >= 11 is 0. The second-order valence-electron chi connectivity index (χ2n) is 7.32. The number of fused-ring (bicyclic) bond motifs is 1. The molecule has 0 radical (unpaired) electrons. The van der Waals surface area contributed by atoms with Crippen LogP contribution in [0, 0.1) is 0 Å². The maximum Gasteiger partial charge on any atom is 0.338 e. The molecule has 0 amide bonds. The molecular weight excluding hydrogens is 336 g/mol. The summed E-state index contributed by atoms with van der Waals surface area (Å²) in [4.78, 5) is 12.2. The Morgan fingerprint density at radius 3 is 2.70 bits per heavy atom. The first-order valence-electron chi connectivity index (χ1n) is 9.31. The van der Waals surface area contributed by atoms with Crippen LogP contribution in [0.3, 0.4) is 0 Å². The minimum atomic E-state index is -0.282. The predicted molar refractivity (Wildman–Crippen MR) is 108 cm³/mol. The Balaban J connectivity index is 1.95. The number of hydrogen-bond donors (Lipinski definition) is 0. The molecule has 1 unspecified atom stereocenters. The molecule has 0 aromatic heterocycles. The summed E-state index contributed by atoms with van der Waals surface area (Å²) in [5.74, 6) is 1.37. The van der Waals surface area contributed by atoms with Crippen LogP contribution in [0.4, 0.5) is 0 Å². The molecular formula is C24H26O3. The van der Waals surface area contributed by atoms with Crippen molar-refractivity contribution in [3.05, 3.63) is 83.0 Å². The molecule has 27 heavy (non-hydrogen) atoms. The lowest BCUT2D eigenvalue weighted by atomic mass is 9.91. The molecule has 0 spiro atoms. The van der Waals surface area contributed by atoms with Crippen LogP contribution in [0.25, 0.3) is 0 Å². The summed E-state index contributed by atoms with van der Waals surface area (Å²) < 4.78 is 11.8. The monoisotopic (exact) mass is 362 g/mol. The lowest BCUT2D eigenvalue weighted by Gasteiger charge is -2.20. The highest BCUT2D eigenvalue weighted by atomic mass is 16.5. The maximum absolute atomic E-state index is 12.2. The summed E-state index contributed by atoms with van der Waals surface area (Å²) in [6, 6.07) is 14.1. The summed E-state index contributed by atoms with van der Waals surface area (Å²) in [5.41, 5.74) is 4.83. The van der Waals surface area contributed by atoms with Crippen molar-refractivity contribution in [2.45, 2.75) is 46.1 Å². The third kappa shape index (κ3) is 4.68. The molecule has 140 valence electrons. The molecule has 1 aliphatic rings. The predicted octanol–water partition coefficient (Wildman–Crippen LogP) is 5.74. The van der Waals surface area contributed by atoms with Crippen LogP contribution in [-0.2, 0) is 17.8 Å². The van der Waals surface area contributed by atoms with Gasteiger partial charge in [-0.05, 0) is 50.3 Å². The number of carbonyl (C=O) groups is 1. The van der Waals surface area contributed by atoms with Crippen molar-refractivity contribution in [3.63, 3.8) is 0 Å². The molecule has 1 heterocycles. The van der Waals surface area contributed by atoms with Crippen molar-refractivity contribution >= 4 is 5.97 Å². The highest BCUT2D eigenvalue weighted by Crippen LogP contribution is 2.39. The molecule has 0 aliphatic carbocycles. The number of ether oxygens (including phenoxy) is 2. The summed E-state index contributed by atoms with van der Waals surface area (Å²) in [7, 11) is 0. The minimum Gasteiger partial charge on any atom is -0.489 e. The molecule has 1 aliphatic heterocycles. The fraction of sp³-hybridized carbons (Fsp3) is 0.292. The molecule has 0 N–H and O–H groups in total. The number of rotatable bonds is 6. The van der Waals surface area contributed by atoms with Gasteiger partial charge in [0.2, 0.25) is 0 Å². The van der Waals surface area contributed by atoms with Crippen LogP contribution in [-0.4, -0.2) is 5.97 Å². The van der Waals surface area contributed by atoms with Gasteiger partial charge in [0, 0.05) is 16.7 Å². The molecule has 0 saturated carbocycles. The van der Waals surface area contributed by atoms with Crippen LogP contribution >= 0.6 is 0 Å². The van der Waals surface area contributed by atoms with E-state index in [2.05, 4.69) is 13.5 Å². The second-order valence-corrected chi connectivity index (χ2v) is 7.32. The van der Waals surface area contributed by atoms with Gasteiger partial charge in [0.05, 0.1) is 0 Å². The zero-order valence-electron chi connectivity index (χ0n) is 16.2. The Labute approximate surface area is 161 Å². The molecule has 1 atom stereocenters. The van der Waals surface area contributed by atoms with Crippen molar-refractivity contribution in [3.8, 4) is 11.5 Å². The molecule has 2 aromatic carbocycles. The van der Waals surface area contributed by atoms with Gasteiger partial charge in [-0.1, -0.05) is 48.9 Å². The number of allylic oxidation sites excluding steroid dienone is 2. The maximum atomic E-state index is 12.2. The van der Waals surface area contributed by atoms with E-state index in [1.165, 1.54) is 0 Å². The third-order valence-corrected chi connectivity index (χ3v) is 4.75. The SMILES string of the molecule is C=C(C)CC(C)c1cc(OCc2ccccc2)cc2c1OC(=O)C(C)=CC2. The first-order valence-corrected chi connectivity index (χ1v) is 9.31. The quantitative estimate of drug-likeness (QED) is 0.373. The van der Waals surface area contributed by atoms with Crippen LogP contribution in [0.15, 0.2) is 66.3 Å². The number of hydrogen-bond acceptors (Lipinski definition) is 3. The Kier molecular flexibility index (Phi) is 5.80. The first-order chi connectivity index (χ1) is 12.9. The van der Waals surface area contributed by atoms with Crippen LogP contribution in [0.5, 0.6) is 11.5 Å². The van der Waals surface area contributed by atoms with Gasteiger partial charge in [0.1, 0.15) is 18.1 Å². The van der Waals surface area contributed by atoms with Crippen LogP contribution < -0.4 is 9.47 Å². The second kappa shape index (κ2) is 8.26. The molecule has 3 nitrogen and oxygen atoms in total. The van der Waals surface area contributed by atoms with Crippen molar-refractivity contribution in [1.29, 1.82) is 0 Å². The molecule has 3 rings (SSSR count). The van der Waals surface area contributed by atoms with E-state index in [4.69, 9.17) is 9.47 Å². The van der Waals surface area contributed by atoms with E-state index in [9.17, 15) is 4.79 Å². The fourth-order valence-electron chi connectivity index (χ4n) is 3.30. The van der Waals surface area contributed by atoms with Crippen molar-refractivity contribution in [2.75, 3.05) is 0 Å². The van der Waals surface area contributed by atoms with Crippen molar-refractivity contribution < 1.29 is 14.3 Å². The largest absolute Gasteiger partial charge is 0.489 e. The number of carbonyl (C=O) groups excluding carboxylic acids is 1. The average molecular weight is 362 g/mol. The van der Waals surface area contributed by atoms with E-state index < -0.39 is 0 Å². The van der Waals surface area contributed by atoms with Gasteiger partial charge >= 0.3 is 5.97 Å². The minimum absolute atomic E-state index is 0.183. The Hall–Kier alpha value is -2.81. The van der Waals surface area contributed by atoms with Gasteiger partial charge in [-0.3, -0.25) is 0 Å². The summed E-state index contributed by atoms with van der Waals surface area (Å²) in [6.45, 7) is 10.5. The van der Waals surface area contributed by atoms with E-state index in [0.717, 1.165) is 34.4 Å². The molecule has 0 saturated heterocycles. The van der Waals surface area contributed by atoms with Crippen LogP contribution in [0.1, 0.15) is 49.8 Å². The van der Waals surface area contributed by atoms with Gasteiger partial charge in [-0.15, -0.1) is 6.58 Å². The van der Waals surface area contributed by atoms with E-state index in [1.807, 2.05) is 55.5 Å². The van der Waals surface area contributed by atoms with Gasteiger partial charge in [-0.2, -0.15) is 0 Å². The smallest absolute Gasteiger partial charge is 0.338 e. The lowest BCUT2D eigenvalue weighted by molar-refractivity contribution is -0.130. The topological polar surface area (TPSA) is 35.5 Å². The van der Waals surface area contributed by atoms with Crippen molar-refractivity contribution in [1.82, 2.24) is 0 Å². The molecule has 0 bridgehead atoms. The van der Waals surface area contributed by atoms with E-state index in [0.29, 0.717) is 24.4 Å². The zero-order chi connectivity index (χ0) is 19.4.